The van der Waals surface area contributed by atoms with Crippen molar-refractivity contribution >= 4 is 15.8 Å². The normalized spacial score (nSPS) is 11.3. The topological polar surface area (TPSA) is 84.3 Å². The van der Waals surface area contributed by atoms with Crippen molar-refractivity contribution in [3.05, 3.63) is 58.9 Å². The molecule has 0 saturated heterocycles. The minimum absolute atomic E-state index is 0.00144. The maximum atomic E-state index is 12.4. The largest absolute Gasteiger partial charge is 0.478 e. The molecule has 0 aliphatic rings. The van der Waals surface area contributed by atoms with Crippen molar-refractivity contribution in [1.29, 1.82) is 0 Å². The third-order valence-electron chi connectivity index (χ3n) is 3.09. The average molecular weight is 305 g/mol. The summed E-state index contributed by atoms with van der Waals surface area (Å²) in [5, 5.41) is 9.08. The monoisotopic (exact) mass is 305 g/mol. The van der Waals surface area contributed by atoms with E-state index < -0.39 is 15.8 Å². The number of nitrogens with zero attached hydrogens (tertiary/aromatic N) is 1. The maximum Gasteiger partial charge on any atom is 0.335 e. The van der Waals surface area contributed by atoms with Gasteiger partial charge in [0, 0.05) is 12.4 Å². The first-order valence-electron chi connectivity index (χ1n) is 6.27. The summed E-state index contributed by atoms with van der Waals surface area (Å²) in [6.07, 6.45) is 3.14. The molecule has 0 unspecified atom stereocenters. The van der Waals surface area contributed by atoms with E-state index in [1.165, 1.54) is 24.4 Å². The Kier molecular flexibility index (Phi) is 4.09. The van der Waals surface area contributed by atoms with E-state index in [1.807, 2.05) is 6.92 Å². The van der Waals surface area contributed by atoms with Crippen LogP contribution < -0.4 is 0 Å². The van der Waals surface area contributed by atoms with Gasteiger partial charge in [-0.1, -0.05) is 12.1 Å². The predicted octanol–water partition coefficient (Wildman–Crippen LogP) is 2.37. The molecule has 0 fully saturated rings. The van der Waals surface area contributed by atoms with Gasteiger partial charge in [-0.2, -0.15) is 0 Å². The Bertz CT molecular complexity index is 797. The van der Waals surface area contributed by atoms with Crippen LogP contribution in [0, 0.1) is 13.8 Å². The molecular formula is C15H15NO4S. The van der Waals surface area contributed by atoms with Crippen LogP contribution in [0.1, 0.15) is 27.0 Å². The van der Waals surface area contributed by atoms with E-state index in [4.69, 9.17) is 5.11 Å². The molecule has 0 radical (unpaired) electrons. The molecule has 6 heteroatoms. The summed E-state index contributed by atoms with van der Waals surface area (Å²) < 4.78 is 24.8. The minimum Gasteiger partial charge on any atom is -0.478 e. The Balaban J connectivity index is 2.40. The minimum atomic E-state index is -3.61. The Hall–Kier alpha value is -2.21. The van der Waals surface area contributed by atoms with E-state index in [0.29, 0.717) is 11.1 Å². The number of carbonyl (C=O) groups is 1. The zero-order chi connectivity index (χ0) is 15.6. The summed E-state index contributed by atoms with van der Waals surface area (Å²) in [5.41, 5.74) is 1.97. The molecule has 0 atom stereocenters. The number of aryl methyl sites for hydroxylation is 2. The van der Waals surface area contributed by atoms with Crippen molar-refractivity contribution in [1.82, 2.24) is 4.98 Å². The molecule has 2 aromatic rings. The zero-order valence-corrected chi connectivity index (χ0v) is 12.5. The number of hydrogen-bond acceptors (Lipinski definition) is 4. The van der Waals surface area contributed by atoms with Gasteiger partial charge in [0.15, 0.2) is 9.84 Å². The van der Waals surface area contributed by atoms with Gasteiger partial charge >= 0.3 is 5.97 Å². The smallest absolute Gasteiger partial charge is 0.335 e. The molecule has 1 aromatic heterocycles. The van der Waals surface area contributed by atoms with Gasteiger partial charge in [-0.25, -0.2) is 13.2 Å². The molecule has 0 aliphatic carbocycles. The van der Waals surface area contributed by atoms with Crippen molar-refractivity contribution in [2.75, 3.05) is 0 Å². The number of benzene rings is 1. The van der Waals surface area contributed by atoms with Crippen molar-refractivity contribution < 1.29 is 18.3 Å². The second kappa shape index (κ2) is 5.65. The number of sulfone groups is 1. The molecule has 1 aromatic carbocycles. The van der Waals surface area contributed by atoms with Crippen LogP contribution in [0.2, 0.25) is 0 Å². The van der Waals surface area contributed by atoms with Gasteiger partial charge in [0.05, 0.1) is 16.2 Å². The van der Waals surface area contributed by atoms with Crippen molar-refractivity contribution in [3.8, 4) is 0 Å². The average Bonchev–Trinajstić information content (AvgIpc) is 2.38. The first-order valence-corrected chi connectivity index (χ1v) is 7.92. The van der Waals surface area contributed by atoms with Gasteiger partial charge < -0.3 is 5.11 Å². The molecule has 1 heterocycles. The van der Waals surface area contributed by atoms with Gasteiger partial charge in [-0.15, -0.1) is 0 Å². The van der Waals surface area contributed by atoms with Crippen molar-refractivity contribution in [3.63, 3.8) is 0 Å². The predicted molar refractivity (Wildman–Crippen MR) is 78.0 cm³/mol. The third kappa shape index (κ3) is 3.46. The van der Waals surface area contributed by atoms with E-state index in [2.05, 4.69) is 4.98 Å². The highest BCUT2D eigenvalue weighted by molar-refractivity contribution is 7.90. The SMILES string of the molecule is Cc1cncc(CS(=O)(=O)c2ccc(C)c(C(=O)O)c2)c1. The molecule has 2 rings (SSSR count). The highest BCUT2D eigenvalue weighted by Crippen LogP contribution is 2.20. The first kappa shape index (κ1) is 15.2. The van der Waals surface area contributed by atoms with Crippen LogP contribution in [-0.2, 0) is 15.6 Å². The second-order valence-electron chi connectivity index (χ2n) is 4.91. The Labute approximate surface area is 123 Å². The molecule has 0 bridgehead atoms. The molecule has 21 heavy (non-hydrogen) atoms. The number of carboxylic acid groups (broad SMARTS) is 1. The summed E-state index contributed by atoms with van der Waals surface area (Å²) in [7, 11) is -3.61. The molecule has 0 saturated carbocycles. The number of carboxylic acids is 1. The highest BCUT2D eigenvalue weighted by Gasteiger charge is 2.18. The van der Waals surface area contributed by atoms with Gasteiger partial charge in [0.2, 0.25) is 0 Å². The van der Waals surface area contributed by atoms with Gasteiger partial charge in [-0.05, 0) is 42.7 Å². The van der Waals surface area contributed by atoms with Crippen molar-refractivity contribution in [2.45, 2.75) is 24.5 Å². The van der Waals surface area contributed by atoms with E-state index in [-0.39, 0.29) is 16.2 Å². The highest BCUT2D eigenvalue weighted by atomic mass is 32.2. The quantitative estimate of drug-likeness (QED) is 0.937. The lowest BCUT2D eigenvalue weighted by molar-refractivity contribution is 0.0696. The number of aromatic nitrogens is 1. The van der Waals surface area contributed by atoms with E-state index >= 15 is 0 Å². The number of hydrogen-bond donors (Lipinski definition) is 1. The molecule has 1 N–H and O–H groups in total. The van der Waals surface area contributed by atoms with Gasteiger partial charge in [-0.3, -0.25) is 4.98 Å². The summed E-state index contributed by atoms with van der Waals surface area (Å²) in [6.45, 7) is 3.46. The van der Waals surface area contributed by atoms with Gasteiger partial charge in [0.1, 0.15) is 0 Å². The lowest BCUT2D eigenvalue weighted by atomic mass is 10.1. The standard InChI is InChI=1S/C15H15NO4S/c1-10-5-12(8-16-7-10)9-21(19,20)13-4-3-11(2)14(6-13)15(17)18/h3-8H,9H2,1-2H3,(H,17,18). The van der Waals surface area contributed by atoms with Crippen LogP contribution in [0.3, 0.4) is 0 Å². The third-order valence-corrected chi connectivity index (χ3v) is 4.77. The van der Waals surface area contributed by atoms with Crippen LogP contribution in [0.25, 0.3) is 0 Å². The molecule has 5 nitrogen and oxygen atoms in total. The second-order valence-corrected chi connectivity index (χ2v) is 6.90. The molecule has 0 amide bonds. The van der Waals surface area contributed by atoms with Crippen LogP contribution in [-0.4, -0.2) is 24.5 Å². The number of rotatable bonds is 4. The molecular weight excluding hydrogens is 290 g/mol. The lowest BCUT2D eigenvalue weighted by Gasteiger charge is -2.08. The van der Waals surface area contributed by atoms with Crippen LogP contribution in [0.15, 0.2) is 41.6 Å². The Morgan fingerprint density at radius 1 is 1.19 bits per heavy atom. The Morgan fingerprint density at radius 2 is 1.90 bits per heavy atom. The molecule has 110 valence electrons. The summed E-state index contributed by atoms with van der Waals surface area (Å²) in [4.78, 5) is 15.1. The van der Waals surface area contributed by atoms with E-state index in [0.717, 1.165) is 5.56 Å². The Morgan fingerprint density at radius 3 is 2.52 bits per heavy atom. The van der Waals surface area contributed by atoms with E-state index in [1.54, 1.807) is 19.2 Å². The van der Waals surface area contributed by atoms with Crippen LogP contribution in [0.5, 0.6) is 0 Å². The van der Waals surface area contributed by atoms with Crippen LogP contribution in [0.4, 0.5) is 0 Å². The molecule has 0 aliphatic heterocycles. The fraction of sp³-hybridized carbons (Fsp3) is 0.200. The summed E-state index contributed by atoms with van der Waals surface area (Å²) in [5.74, 6) is -1.34. The van der Waals surface area contributed by atoms with E-state index in [9.17, 15) is 13.2 Å². The fourth-order valence-corrected chi connectivity index (χ4v) is 3.36. The maximum absolute atomic E-state index is 12.4. The number of pyridine rings is 1. The van der Waals surface area contributed by atoms with Crippen molar-refractivity contribution in [2.24, 2.45) is 0 Å². The fourth-order valence-electron chi connectivity index (χ4n) is 2.02. The lowest BCUT2D eigenvalue weighted by Crippen LogP contribution is -2.08. The number of aromatic carboxylic acids is 1. The zero-order valence-electron chi connectivity index (χ0n) is 11.7. The summed E-state index contributed by atoms with van der Waals surface area (Å²) >= 11 is 0. The molecule has 0 spiro atoms. The first-order chi connectivity index (χ1) is 9.79. The van der Waals surface area contributed by atoms with Gasteiger partial charge in [0.25, 0.3) is 0 Å². The summed E-state index contributed by atoms with van der Waals surface area (Å²) in [6, 6.07) is 5.89. The van der Waals surface area contributed by atoms with Crippen LogP contribution >= 0.6 is 0 Å².